The molecule has 0 heterocycles. The van der Waals surface area contributed by atoms with Gasteiger partial charge < -0.3 is 5.11 Å². The molecule has 0 aliphatic heterocycles. The van der Waals surface area contributed by atoms with Crippen molar-refractivity contribution in [1.82, 2.24) is 0 Å². The molecule has 7 heteroatoms. The number of aliphatic hydroxyl groups is 1. The number of non-ortho nitro benzene ring substituents is 1. The second-order valence-electron chi connectivity index (χ2n) is 2.88. The molecule has 0 fully saturated rings. The maximum atomic E-state index is 10.3. The van der Waals surface area contributed by atoms with Crippen LogP contribution in [0.15, 0.2) is 24.3 Å². The number of nitro benzene ring substituents is 1. The van der Waals surface area contributed by atoms with E-state index in [0.29, 0.717) is 0 Å². The van der Waals surface area contributed by atoms with Crippen molar-refractivity contribution in [2.75, 3.05) is 6.54 Å². The summed E-state index contributed by atoms with van der Waals surface area (Å²) in [6.45, 7) is -0.613. The van der Waals surface area contributed by atoms with Crippen LogP contribution >= 0.6 is 0 Å². The van der Waals surface area contributed by atoms with E-state index in [9.17, 15) is 25.3 Å². The molecule has 0 radical (unpaired) electrons. The summed E-state index contributed by atoms with van der Waals surface area (Å²) in [5.41, 5.74) is 0.171. The summed E-state index contributed by atoms with van der Waals surface area (Å²) in [6, 6.07) is 4.98. The fraction of sp³-hybridized carbons (Fsp3) is 0.250. The molecule has 0 bridgehead atoms. The molecule has 7 nitrogen and oxygen atoms in total. The zero-order valence-corrected chi connectivity index (χ0v) is 7.57. The number of hydrogen-bond donors (Lipinski definition) is 1. The smallest absolute Gasteiger partial charge is 0.269 e. The van der Waals surface area contributed by atoms with Crippen molar-refractivity contribution in [3.8, 4) is 0 Å². The van der Waals surface area contributed by atoms with Gasteiger partial charge in [-0.25, -0.2) is 0 Å². The molecule has 0 aromatic heterocycles. The van der Waals surface area contributed by atoms with Gasteiger partial charge in [-0.1, -0.05) is 0 Å². The molecule has 1 rings (SSSR count). The Morgan fingerprint density at radius 1 is 1.20 bits per heavy atom. The molecule has 0 aliphatic rings. The fourth-order valence-corrected chi connectivity index (χ4v) is 1.06. The van der Waals surface area contributed by atoms with E-state index in [1.165, 1.54) is 24.3 Å². The van der Waals surface area contributed by atoms with Gasteiger partial charge in [0.05, 0.1) is 4.92 Å². The van der Waals surface area contributed by atoms with Gasteiger partial charge in [-0.05, 0) is 17.7 Å². The molecule has 80 valence electrons. The van der Waals surface area contributed by atoms with Crippen LogP contribution in [0.2, 0.25) is 0 Å². The molecular weight excluding hydrogens is 204 g/mol. The highest BCUT2D eigenvalue weighted by atomic mass is 16.6. The molecule has 0 amide bonds. The zero-order chi connectivity index (χ0) is 11.4. The average molecular weight is 212 g/mol. The van der Waals surface area contributed by atoms with Crippen LogP contribution in [0.3, 0.4) is 0 Å². The Hall–Kier alpha value is -2.02. The molecule has 1 aromatic carbocycles. The van der Waals surface area contributed by atoms with Crippen molar-refractivity contribution in [2.45, 2.75) is 6.10 Å². The van der Waals surface area contributed by atoms with Gasteiger partial charge in [-0.3, -0.25) is 20.2 Å². The third-order valence-corrected chi connectivity index (χ3v) is 1.81. The van der Waals surface area contributed by atoms with Gasteiger partial charge in [0.2, 0.25) is 6.54 Å². The van der Waals surface area contributed by atoms with Crippen molar-refractivity contribution in [3.05, 3.63) is 50.1 Å². The fourth-order valence-electron chi connectivity index (χ4n) is 1.06. The minimum Gasteiger partial charge on any atom is -0.382 e. The van der Waals surface area contributed by atoms with Crippen LogP contribution in [-0.2, 0) is 0 Å². The Morgan fingerprint density at radius 2 is 1.73 bits per heavy atom. The standard InChI is InChI=1S/C8H8N2O5/c11-8(5-9(12)13)6-1-3-7(4-2-6)10(14)15/h1-4,8,11H,5H2/t8-/m1/s1. The largest absolute Gasteiger partial charge is 0.382 e. The van der Waals surface area contributed by atoms with Crippen LogP contribution in [-0.4, -0.2) is 21.5 Å². The molecule has 0 aliphatic carbocycles. The monoisotopic (exact) mass is 212 g/mol. The summed E-state index contributed by atoms with van der Waals surface area (Å²) >= 11 is 0. The number of benzene rings is 1. The Balaban J connectivity index is 2.79. The van der Waals surface area contributed by atoms with E-state index in [1.54, 1.807) is 0 Å². The van der Waals surface area contributed by atoms with Crippen LogP contribution in [0, 0.1) is 20.2 Å². The number of nitro groups is 2. The van der Waals surface area contributed by atoms with Crippen molar-refractivity contribution in [1.29, 1.82) is 0 Å². The van der Waals surface area contributed by atoms with Crippen LogP contribution in [0.1, 0.15) is 11.7 Å². The second kappa shape index (κ2) is 4.47. The minimum atomic E-state index is -1.24. The molecule has 0 spiro atoms. The van der Waals surface area contributed by atoms with E-state index in [0.717, 1.165) is 0 Å². The van der Waals surface area contributed by atoms with E-state index in [2.05, 4.69) is 0 Å². The minimum absolute atomic E-state index is 0.118. The van der Waals surface area contributed by atoms with Gasteiger partial charge >= 0.3 is 0 Å². The lowest BCUT2D eigenvalue weighted by atomic mass is 10.1. The van der Waals surface area contributed by atoms with E-state index < -0.39 is 22.5 Å². The normalized spacial score (nSPS) is 12.1. The summed E-state index contributed by atoms with van der Waals surface area (Å²) < 4.78 is 0. The molecule has 15 heavy (non-hydrogen) atoms. The van der Waals surface area contributed by atoms with E-state index in [-0.39, 0.29) is 11.3 Å². The van der Waals surface area contributed by atoms with Gasteiger partial charge in [0, 0.05) is 17.1 Å². The van der Waals surface area contributed by atoms with Gasteiger partial charge in [0.1, 0.15) is 6.10 Å². The molecule has 1 atom stereocenters. The maximum Gasteiger partial charge on any atom is 0.269 e. The molecule has 1 N–H and O–H groups in total. The van der Waals surface area contributed by atoms with Crippen LogP contribution in [0.5, 0.6) is 0 Å². The molecule has 1 aromatic rings. The second-order valence-corrected chi connectivity index (χ2v) is 2.88. The summed E-state index contributed by atoms with van der Waals surface area (Å²) in [4.78, 5) is 19.2. The lowest BCUT2D eigenvalue weighted by Crippen LogP contribution is -2.11. The predicted octanol–water partition coefficient (Wildman–Crippen LogP) is 0.905. The van der Waals surface area contributed by atoms with Crippen LogP contribution in [0.25, 0.3) is 0 Å². The maximum absolute atomic E-state index is 10.3. The van der Waals surface area contributed by atoms with E-state index in [4.69, 9.17) is 0 Å². The average Bonchev–Trinajstić information content (AvgIpc) is 2.17. The number of hydrogen-bond acceptors (Lipinski definition) is 5. The van der Waals surface area contributed by atoms with Gasteiger partial charge in [-0.2, -0.15) is 0 Å². The summed E-state index contributed by atoms with van der Waals surface area (Å²) in [5, 5.41) is 29.7. The topological polar surface area (TPSA) is 107 Å². The first-order valence-electron chi connectivity index (χ1n) is 4.05. The summed E-state index contributed by atoms with van der Waals surface area (Å²) in [5.74, 6) is 0. The van der Waals surface area contributed by atoms with Crippen molar-refractivity contribution >= 4 is 5.69 Å². The molecular formula is C8H8N2O5. The van der Waals surface area contributed by atoms with Crippen molar-refractivity contribution in [2.24, 2.45) is 0 Å². The summed E-state index contributed by atoms with van der Waals surface area (Å²) in [7, 11) is 0. The highest BCUT2D eigenvalue weighted by Crippen LogP contribution is 2.17. The van der Waals surface area contributed by atoms with Gasteiger partial charge in [-0.15, -0.1) is 0 Å². The number of aliphatic hydroxyl groups excluding tert-OH is 1. The number of rotatable bonds is 4. The van der Waals surface area contributed by atoms with Crippen LogP contribution < -0.4 is 0 Å². The zero-order valence-electron chi connectivity index (χ0n) is 7.57. The van der Waals surface area contributed by atoms with Crippen molar-refractivity contribution in [3.63, 3.8) is 0 Å². The molecule has 0 saturated carbocycles. The SMILES string of the molecule is O=[N+]([O-])C[C@@H](O)c1ccc([N+](=O)[O-])cc1. The molecule has 0 saturated heterocycles. The Labute approximate surface area is 84.3 Å². The van der Waals surface area contributed by atoms with E-state index >= 15 is 0 Å². The summed E-state index contributed by atoms with van der Waals surface area (Å²) in [6.07, 6.45) is -1.24. The van der Waals surface area contributed by atoms with Crippen molar-refractivity contribution < 1.29 is 15.0 Å². The number of nitrogens with zero attached hydrogens (tertiary/aromatic N) is 2. The third kappa shape index (κ3) is 2.99. The lowest BCUT2D eigenvalue weighted by Gasteiger charge is -2.04. The van der Waals surface area contributed by atoms with Gasteiger partial charge in [0.25, 0.3) is 5.69 Å². The first-order valence-corrected chi connectivity index (χ1v) is 4.05. The molecule has 0 unspecified atom stereocenters. The predicted molar refractivity (Wildman–Crippen MR) is 49.9 cm³/mol. The third-order valence-electron chi connectivity index (χ3n) is 1.81. The Morgan fingerprint density at radius 3 is 2.13 bits per heavy atom. The highest BCUT2D eigenvalue weighted by Gasteiger charge is 2.15. The first kappa shape index (κ1) is 11.1. The van der Waals surface area contributed by atoms with E-state index in [1.807, 2.05) is 0 Å². The lowest BCUT2D eigenvalue weighted by molar-refractivity contribution is -0.491. The highest BCUT2D eigenvalue weighted by molar-refractivity contribution is 5.33. The Bertz CT molecular complexity index is 375. The van der Waals surface area contributed by atoms with Gasteiger partial charge in [0.15, 0.2) is 0 Å². The quantitative estimate of drug-likeness (QED) is 0.589. The Kier molecular flexibility index (Phi) is 3.29. The first-order chi connectivity index (χ1) is 7.00. The van der Waals surface area contributed by atoms with Crippen LogP contribution in [0.4, 0.5) is 5.69 Å².